The molecule has 0 heterocycles. The van der Waals surface area contributed by atoms with Gasteiger partial charge in [0, 0.05) is 12.5 Å². The van der Waals surface area contributed by atoms with E-state index in [9.17, 15) is 4.79 Å². The van der Waals surface area contributed by atoms with Crippen LogP contribution < -0.4 is 11.1 Å². The van der Waals surface area contributed by atoms with E-state index < -0.39 is 0 Å². The molecule has 3 rings (SSSR count). The van der Waals surface area contributed by atoms with E-state index in [1.54, 1.807) is 0 Å². The van der Waals surface area contributed by atoms with Crippen molar-refractivity contribution < 1.29 is 4.79 Å². The van der Waals surface area contributed by atoms with Gasteiger partial charge in [0.25, 0.3) is 0 Å². The maximum Gasteiger partial charge on any atom is 0.224 e. The summed E-state index contributed by atoms with van der Waals surface area (Å²) in [4.78, 5) is 12.5. The zero-order chi connectivity index (χ0) is 14.9. The van der Waals surface area contributed by atoms with E-state index in [4.69, 9.17) is 5.73 Å². The minimum absolute atomic E-state index is 0.145. The van der Waals surface area contributed by atoms with Gasteiger partial charge in [-0.1, -0.05) is 37.3 Å². The summed E-state index contributed by atoms with van der Waals surface area (Å²) in [5.74, 6) is 1.53. The van der Waals surface area contributed by atoms with Crippen LogP contribution in [0.4, 0.5) is 0 Å². The number of hydrogen-bond acceptors (Lipinski definition) is 2. The van der Waals surface area contributed by atoms with Gasteiger partial charge in [0.15, 0.2) is 0 Å². The Morgan fingerprint density at radius 3 is 2.57 bits per heavy atom. The molecule has 21 heavy (non-hydrogen) atoms. The molecule has 1 amide bonds. The molecule has 114 valence electrons. The minimum atomic E-state index is -0.145. The van der Waals surface area contributed by atoms with Crippen LogP contribution in [0.2, 0.25) is 0 Å². The molecule has 2 unspecified atom stereocenters. The zero-order valence-corrected chi connectivity index (χ0v) is 12.8. The Balaban J connectivity index is 1.60. The summed E-state index contributed by atoms with van der Waals surface area (Å²) in [5.41, 5.74) is 7.13. The van der Waals surface area contributed by atoms with Gasteiger partial charge in [-0.15, -0.1) is 0 Å². The Kier molecular flexibility index (Phi) is 4.03. The SMILES string of the molecule is CC1CCC(CN)(NC(=O)C2CC2c2ccccc2)CC1. The minimum Gasteiger partial charge on any atom is -0.349 e. The first-order valence-corrected chi connectivity index (χ1v) is 8.20. The first kappa shape index (κ1) is 14.6. The maximum atomic E-state index is 12.5. The van der Waals surface area contributed by atoms with Crippen molar-refractivity contribution in [3.63, 3.8) is 0 Å². The van der Waals surface area contributed by atoms with Crippen molar-refractivity contribution in [1.29, 1.82) is 0 Å². The van der Waals surface area contributed by atoms with E-state index >= 15 is 0 Å². The fraction of sp³-hybridized carbons (Fsp3) is 0.611. The molecule has 0 spiro atoms. The van der Waals surface area contributed by atoms with Crippen LogP contribution >= 0.6 is 0 Å². The molecular formula is C18H26N2O. The fourth-order valence-electron chi connectivity index (χ4n) is 3.60. The standard InChI is InChI=1S/C18H26N2O/c1-13-7-9-18(12-19,10-8-13)20-17(21)16-11-15(16)14-5-3-2-4-6-14/h2-6,13,15-16H,7-12,19H2,1H3,(H,20,21). The van der Waals surface area contributed by atoms with Crippen molar-refractivity contribution in [2.75, 3.05) is 6.54 Å². The van der Waals surface area contributed by atoms with Gasteiger partial charge < -0.3 is 11.1 Å². The van der Waals surface area contributed by atoms with Crippen molar-refractivity contribution in [2.45, 2.75) is 50.5 Å². The summed E-state index contributed by atoms with van der Waals surface area (Å²) in [7, 11) is 0. The molecule has 2 aliphatic carbocycles. The largest absolute Gasteiger partial charge is 0.349 e. The summed E-state index contributed by atoms with van der Waals surface area (Å²) in [6.45, 7) is 2.85. The van der Waals surface area contributed by atoms with Gasteiger partial charge in [-0.2, -0.15) is 0 Å². The number of carbonyl (C=O) groups is 1. The van der Waals surface area contributed by atoms with Crippen LogP contribution in [0.15, 0.2) is 30.3 Å². The number of nitrogens with two attached hydrogens (primary N) is 1. The first-order valence-electron chi connectivity index (χ1n) is 8.20. The van der Waals surface area contributed by atoms with Crippen molar-refractivity contribution in [3.05, 3.63) is 35.9 Å². The second kappa shape index (κ2) is 5.80. The van der Waals surface area contributed by atoms with Crippen LogP contribution in [0.1, 0.15) is 50.5 Å². The van der Waals surface area contributed by atoms with E-state index in [2.05, 4.69) is 24.4 Å². The Bertz CT molecular complexity index is 491. The highest BCUT2D eigenvalue weighted by molar-refractivity contribution is 5.83. The normalized spacial score (nSPS) is 35.2. The number of carbonyl (C=O) groups excluding carboxylic acids is 1. The molecule has 2 atom stereocenters. The summed E-state index contributed by atoms with van der Waals surface area (Å²) in [5, 5.41) is 3.30. The van der Waals surface area contributed by atoms with Gasteiger partial charge in [-0.05, 0) is 49.5 Å². The third-order valence-corrected chi connectivity index (χ3v) is 5.37. The lowest BCUT2D eigenvalue weighted by Gasteiger charge is -2.39. The Hall–Kier alpha value is -1.35. The third-order valence-electron chi connectivity index (χ3n) is 5.37. The van der Waals surface area contributed by atoms with E-state index in [1.165, 1.54) is 18.4 Å². The Morgan fingerprint density at radius 1 is 1.29 bits per heavy atom. The van der Waals surface area contributed by atoms with E-state index in [-0.39, 0.29) is 17.4 Å². The van der Waals surface area contributed by atoms with Gasteiger partial charge in [-0.25, -0.2) is 0 Å². The molecule has 3 N–H and O–H groups in total. The number of hydrogen-bond donors (Lipinski definition) is 2. The molecule has 1 aromatic rings. The predicted molar refractivity (Wildman–Crippen MR) is 84.9 cm³/mol. The molecule has 2 fully saturated rings. The second-order valence-corrected chi connectivity index (χ2v) is 7.02. The third kappa shape index (κ3) is 3.13. The Morgan fingerprint density at radius 2 is 1.95 bits per heavy atom. The molecule has 3 heteroatoms. The average molecular weight is 286 g/mol. The molecule has 2 saturated carbocycles. The molecule has 0 aromatic heterocycles. The number of nitrogens with one attached hydrogen (secondary N) is 1. The molecule has 2 aliphatic rings. The molecular weight excluding hydrogens is 260 g/mol. The van der Waals surface area contributed by atoms with Crippen LogP contribution in [0.3, 0.4) is 0 Å². The fourth-order valence-corrected chi connectivity index (χ4v) is 3.60. The summed E-state index contributed by atoms with van der Waals surface area (Å²) >= 11 is 0. The molecule has 3 nitrogen and oxygen atoms in total. The zero-order valence-electron chi connectivity index (χ0n) is 12.8. The number of benzene rings is 1. The van der Waals surface area contributed by atoms with Crippen molar-refractivity contribution in [3.8, 4) is 0 Å². The van der Waals surface area contributed by atoms with Crippen LogP contribution in [0, 0.1) is 11.8 Å². The topological polar surface area (TPSA) is 55.1 Å². The van der Waals surface area contributed by atoms with Gasteiger partial charge in [-0.3, -0.25) is 4.79 Å². The number of amides is 1. The van der Waals surface area contributed by atoms with Crippen LogP contribution in [-0.4, -0.2) is 18.0 Å². The lowest BCUT2D eigenvalue weighted by molar-refractivity contribution is -0.124. The molecule has 0 radical (unpaired) electrons. The molecule has 0 aliphatic heterocycles. The Labute approximate surface area is 127 Å². The highest BCUT2D eigenvalue weighted by atomic mass is 16.2. The van der Waals surface area contributed by atoms with Crippen LogP contribution in [-0.2, 0) is 4.79 Å². The van der Waals surface area contributed by atoms with Crippen LogP contribution in [0.25, 0.3) is 0 Å². The highest BCUT2D eigenvalue weighted by Crippen LogP contribution is 2.48. The second-order valence-electron chi connectivity index (χ2n) is 7.02. The lowest BCUT2D eigenvalue weighted by atomic mass is 9.77. The van der Waals surface area contributed by atoms with E-state index in [0.29, 0.717) is 12.5 Å². The van der Waals surface area contributed by atoms with Gasteiger partial charge in [0.2, 0.25) is 5.91 Å². The first-order chi connectivity index (χ1) is 10.1. The quantitative estimate of drug-likeness (QED) is 0.894. The molecule has 1 aromatic carbocycles. The van der Waals surface area contributed by atoms with Gasteiger partial charge in [0.05, 0.1) is 5.54 Å². The van der Waals surface area contributed by atoms with Crippen LogP contribution in [0.5, 0.6) is 0 Å². The van der Waals surface area contributed by atoms with E-state index in [0.717, 1.165) is 25.2 Å². The summed E-state index contributed by atoms with van der Waals surface area (Å²) < 4.78 is 0. The average Bonchev–Trinajstić information content (AvgIpc) is 3.31. The summed E-state index contributed by atoms with van der Waals surface area (Å²) in [6.07, 6.45) is 5.37. The van der Waals surface area contributed by atoms with Crippen molar-refractivity contribution >= 4 is 5.91 Å². The van der Waals surface area contributed by atoms with Gasteiger partial charge in [0.1, 0.15) is 0 Å². The number of rotatable bonds is 4. The molecule has 0 saturated heterocycles. The predicted octanol–water partition coefficient (Wildman–Crippen LogP) is 2.81. The lowest BCUT2D eigenvalue weighted by Crippen LogP contribution is -2.55. The van der Waals surface area contributed by atoms with E-state index in [1.807, 2.05) is 18.2 Å². The maximum absolute atomic E-state index is 12.5. The molecule has 0 bridgehead atoms. The summed E-state index contributed by atoms with van der Waals surface area (Å²) in [6, 6.07) is 10.4. The highest BCUT2D eigenvalue weighted by Gasteiger charge is 2.46. The van der Waals surface area contributed by atoms with Gasteiger partial charge >= 0.3 is 0 Å². The smallest absolute Gasteiger partial charge is 0.224 e. The van der Waals surface area contributed by atoms with Crippen molar-refractivity contribution in [2.24, 2.45) is 17.6 Å². The monoisotopic (exact) mass is 286 g/mol. The van der Waals surface area contributed by atoms with Crippen molar-refractivity contribution in [1.82, 2.24) is 5.32 Å².